The second kappa shape index (κ2) is 6.15. The summed E-state index contributed by atoms with van der Waals surface area (Å²) < 4.78 is 0. The summed E-state index contributed by atoms with van der Waals surface area (Å²) in [6, 6.07) is 8.95. The van der Waals surface area contributed by atoms with E-state index in [-0.39, 0.29) is 5.54 Å². The topological polar surface area (TPSA) is 35.5 Å². The van der Waals surface area contributed by atoms with Gasteiger partial charge in [0.25, 0.3) is 0 Å². The van der Waals surface area contributed by atoms with Gasteiger partial charge in [0, 0.05) is 17.6 Å². The van der Waals surface area contributed by atoms with E-state index in [0.717, 1.165) is 12.8 Å². The quantitative estimate of drug-likeness (QED) is 0.887. The summed E-state index contributed by atoms with van der Waals surface area (Å²) in [4.78, 5) is 2.33. The molecule has 0 aromatic heterocycles. The fourth-order valence-corrected chi connectivity index (χ4v) is 3.52. The molecule has 1 aromatic rings. The predicted octanol–water partition coefficient (Wildman–Crippen LogP) is 3.09. The number of aromatic hydroxyl groups is 1. The lowest BCUT2D eigenvalue weighted by Crippen LogP contribution is -2.48. The Morgan fingerprint density at radius 3 is 2.40 bits per heavy atom. The van der Waals surface area contributed by atoms with Gasteiger partial charge in [-0.05, 0) is 57.5 Å². The lowest BCUT2D eigenvalue weighted by atomic mass is 9.74. The lowest BCUT2D eigenvalue weighted by molar-refractivity contribution is 0.0839. The molecule has 0 bridgehead atoms. The molecule has 0 aliphatic heterocycles. The molecule has 0 unspecified atom stereocenters. The van der Waals surface area contributed by atoms with Crippen LogP contribution in [-0.4, -0.2) is 36.2 Å². The van der Waals surface area contributed by atoms with Crippen LogP contribution in [-0.2, 0) is 5.54 Å². The molecular formula is C17H28N2O. The molecule has 1 aliphatic rings. The number of benzene rings is 1. The second-order valence-electron chi connectivity index (χ2n) is 6.57. The zero-order valence-electron chi connectivity index (χ0n) is 13.2. The zero-order valence-corrected chi connectivity index (χ0v) is 13.2. The molecule has 0 atom stereocenters. The van der Waals surface area contributed by atoms with Crippen molar-refractivity contribution in [1.82, 2.24) is 10.2 Å². The fraction of sp³-hybridized carbons (Fsp3) is 0.647. The normalized spacial score (nSPS) is 27.2. The number of hydrogen-bond donors (Lipinski definition) is 2. The minimum Gasteiger partial charge on any atom is -0.508 e. The van der Waals surface area contributed by atoms with E-state index in [1.54, 1.807) is 6.07 Å². The molecule has 0 spiro atoms. The Hall–Kier alpha value is -1.06. The third kappa shape index (κ3) is 3.15. The SMILES string of the molecule is CC(C)NC1CCC(c2cccc(O)c2)(N(C)C)CC1. The predicted molar refractivity (Wildman–Crippen MR) is 84.0 cm³/mol. The zero-order chi connectivity index (χ0) is 14.8. The maximum absolute atomic E-state index is 9.78. The van der Waals surface area contributed by atoms with Gasteiger partial charge in [0.2, 0.25) is 0 Å². The van der Waals surface area contributed by atoms with Gasteiger partial charge < -0.3 is 10.4 Å². The number of nitrogens with zero attached hydrogens (tertiary/aromatic N) is 1. The number of nitrogens with one attached hydrogen (secondary N) is 1. The highest BCUT2D eigenvalue weighted by Crippen LogP contribution is 2.41. The summed E-state index contributed by atoms with van der Waals surface area (Å²) >= 11 is 0. The molecule has 2 rings (SSSR count). The standard InChI is InChI=1S/C17H28N2O/c1-13(2)18-15-8-10-17(11-9-15,19(3)4)14-6-5-7-16(20)12-14/h5-7,12-13,15,18,20H,8-11H2,1-4H3. The largest absolute Gasteiger partial charge is 0.508 e. The highest BCUT2D eigenvalue weighted by atomic mass is 16.3. The Kier molecular flexibility index (Phi) is 4.71. The van der Waals surface area contributed by atoms with E-state index >= 15 is 0 Å². The molecule has 1 aromatic carbocycles. The van der Waals surface area contributed by atoms with Crippen molar-refractivity contribution in [2.24, 2.45) is 0 Å². The van der Waals surface area contributed by atoms with E-state index in [1.165, 1.54) is 18.4 Å². The molecule has 1 saturated carbocycles. The van der Waals surface area contributed by atoms with Crippen LogP contribution in [0.5, 0.6) is 5.75 Å². The number of phenolic OH excluding ortho intramolecular Hbond substituents is 1. The number of phenols is 1. The van der Waals surface area contributed by atoms with Crippen LogP contribution >= 0.6 is 0 Å². The van der Waals surface area contributed by atoms with Crippen molar-refractivity contribution in [3.63, 3.8) is 0 Å². The van der Waals surface area contributed by atoms with Crippen LogP contribution < -0.4 is 5.32 Å². The van der Waals surface area contributed by atoms with Gasteiger partial charge in [-0.2, -0.15) is 0 Å². The van der Waals surface area contributed by atoms with Crippen molar-refractivity contribution >= 4 is 0 Å². The molecule has 2 N–H and O–H groups in total. The Balaban J connectivity index is 2.17. The van der Waals surface area contributed by atoms with Crippen LogP contribution in [0, 0.1) is 0 Å². The molecular weight excluding hydrogens is 248 g/mol. The van der Waals surface area contributed by atoms with Gasteiger partial charge in [0.15, 0.2) is 0 Å². The van der Waals surface area contributed by atoms with Crippen molar-refractivity contribution in [2.75, 3.05) is 14.1 Å². The van der Waals surface area contributed by atoms with Crippen LogP contribution in [0.3, 0.4) is 0 Å². The first-order valence-electron chi connectivity index (χ1n) is 7.67. The third-order valence-electron chi connectivity index (χ3n) is 4.62. The number of hydrogen-bond acceptors (Lipinski definition) is 3. The average Bonchev–Trinajstić information content (AvgIpc) is 2.38. The summed E-state index contributed by atoms with van der Waals surface area (Å²) in [5.41, 5.74) is 1.30. The molecule has 3 heteroatoms. The van der Waals surface area contributed by atoms with Gasteiger partial charge in [-0.15, -0.1) is 0 Å². The van der Waals surface area contributed by atoms with Gasteiger partial charge in [-0.25, -0.2) is 0 Å². The van der Waals surface area contributed by atoms with Gasteiger partial charge in [0.05, 0.1) is 0 Å². The van der Waals surface area contributed by atoms with Gasteiger partial charge in [0.1, 0.15) is 5.75 Å². The van der Waals surface area contributed by atoms with Crippen molar-refractivity contribution in [1.29, 1.82) is 0 Å². The van der Waals surface area contributed by atoms with Crippen molar-refractivity contribution in [3.05, 3.63) is 29.8 Å². The maximum atomic E-state index is 9.78. The van der Waals surface area contributed by atoms with Crippen LogP contribution in [0.2, 0.25) is 0 Å². The fourth-order valence-electron chi connectivity index (χ4n) is 3.52. The van der Waals surface area contributed by atoms with E-state index in [0.29, 0.717) is 17.8 Å². The average molecular weight is 276 g/mol. The highest BCUT2D eigenvalue weighted by Gasteiger charge is 2.38. The molecule has 0 amide bonds. The smallest absolute Gasteiger partial charge is 0.115 e. The molecule has 112 valence electrons. The van der Waals surface area contributed by atoms with Gasteiger partial charge in [-0.1, -0.05) is 26.0 Å². The summed E-state index contributed by atoms with van der Waals surface area (Å²) in [6.45, 7) is 4.42. The van der Waals surface area contributed by atoms with Crippen molar-refractivity contribution in [3.8, 4) is 5.75 Å². The second-order valence-corrected chi connectivity index (χ2v) is 6.57. The van der Waals surface area contributed by atoms with E-state index in [1.807, 2.05) is 12.1 Å². The van der Waals surface area contributed by atoms with E-state index in [2.05, 4.69) is 44.2 Å². The van der Waals surface area contributed by atoms with Crippen LogP contribution in [0.4, 0.5) is 0 Å². The lowest BCUT2D eigenvalue weighted by Gasteiger charge is -2.46. The van der Waals surface area contributed by atoms with Gasteiger partial charge >= 0.3 is 0 Å². The minimum absolute atomic E-state index is 0.0634. The van der Waals surface area contributed by atoms with Crippen LogP contribution in [0.15, 0.2) is 24.3 Å². The summed E-state index contributed by atoms with van der Waals surface area (Å²) in [5.74, 6) is 0.367. The maximum Gasteiger partial charge on any atom is 0.115 e. The van der Waals surface area contributed by atoms with Crippen molar-refractivity contribution < 1.29 is 5.11 Å². The van der Waals surface area contributed by atoms with E-state index in [9.17, 15) is 5.11 Å². The summed E-state index contributed by atoms with van der Waals surface area (Å²) in [6.07, 6.45) is 4.64. The summed E-state index contributed by atoms with van der Waals surface area (Å²) in [7, 11) is 4.31. The first kappa shape index (κ1) is 15.3. The highest BCUT2D eigenvalue weighted by molar-refractivity contribution is 5.33. The van der Waals surface area contributed by atoms with Gasteiger partial charge in [-0.3, -0.25) is 4.90 Å². The first-order valence-corrected chi connectivity index (χ1v) is 7.67. The van der Waals surface area contributed by atoms with E-state index in [4.69, 9.17) is 0 Å². The van der Waals surface area contributed by atoms with Crippen molar-refractivity contribution in [2.45, 2.75) is 57.2 Å². The third-order valence-corrected chi connectivity index (χ3v) is 4.62. The minimum atomic E-state index is 0.0634. The Labute approximate surface area is 123 Å². The molecule has 20 heavy (non-hydrogen) atoms. The Bertz CT molecular complexity index is 434. The molecule has 1 aliphatic carbocycles. The van der Waals surface area contributed by atoms with Crippen LogP contribution in [0.1, 0.15) is 45.1 Å². The first-order chi connectivity index (χ1) is 9.44. The monoisotopic (exact) mass is 276 g/mol. The summed E-state index contributed by atoms with van der Waals surface area (Å²) in [5, 5.41) is 13.4. The molecule has 0 radical (unpaired) electrons. The molecule has 3 nitrogen and oxygen atoms in total. The van der Waals surface area contributed by atoms with E-state index < -0.39 is 0 Å². The Morgan fingerprint density at radius 2 is 1.90 bits per heavy atom. The Morgan fingerprint density at radius 1 is 1.25 bits per heavy atom. The molecule has 0 heterocycles. The number of rotatable bonds is 4. The molecule has 1 fully saturated rings. The van der Waals surface area contributed by atoms with Crippen LogP contribution in [0.25, 0.3) is 0 Å². The molecule has 0 saturated heterocycles.